The lowest BCUT2D eigenvalue weighted by Gasteiger charge is -2.37. The number of amides is 2. The third kappa shape index (κ3) is 6.08. The maximum atomic E-state index is 14.4. The number of likely N-dealkylation sites (tertiary alicyclic amines) is 1. The fourth-order valence-electron chi connectivity index (χ4n) is 6.28. The summed E-state index contributed by atoms with van der Waals surface area (Å²) in [6, 6.07) is 14.7. The van der Waals surface area contributed by atoms with E-state index >= 15 is 0 Å². The summed E-state index contributed by atoms with van der Waals surface area (Å²) < 4.78 is 5.54. The number of ether oxygens (including phenoxy) is 1. The van der Waals surface area contributed by atoms with Gasteiger partial charge in [0.25, 0.3) is 5.91 Å². The second-order valence-corrected chi connectivity index (χ2v) is 14.8. The number of nitrogens with zero attached hydrogens (tertiary/aromatic N) is 4. The van der Waals surface area contributed by atoms with Crippen molar-refractivity contribution in [3.63, 3.8) is 0 Å². The zero-order chi connectivity index (χ0) is 32.1. The number of benzene rings is 2. The van der Waals surface area contributed by atoms with Gasteiger partial charge in [-0.15, -0.1) is 0 Å². The van der Waals surface area contributed by atoms with Gasteiger partial charge in [-0.1, -0.05) is 61.3 Å². The van der Waals surface area contributed by atoms with Gasteiger partial charge in [-0.2, -0.15) is 0 Å². The van der Waals surface area contributed by atoms with Crippen molar-refractivity contribution in [3.05, 3.63) is 80.3 Å². The third-order valence-electron chi connectivity index (χ3n) is 8.28. The molecule has 0 spiro atoms. The summed E-state index contributed by atoms with van der Waals surface area (Å²) in [7, 11) is 0. The molecule has 2 aromatic carbocycles. The number of hydrogen-bond donors (Lipinski definition) is 1. The van der Waals surface area contributed by atoms with Crippen molar-refractivity contribution in [2.45, 2.75) is 77.8 Å². The first-order valence-electron chi connectivity index (χ1n) is 14.9. The summed E-state index contributed by atoms with van der Waals surface area (Å²) in [5, 5.41) is 13.1. The molecular formula is C33H40Cl2N4O4S. The van der Waals surface area contributed by atoms with E-state index in [0.29, 0.717) is 21.5 Å². The lowest BCUT2D eigenvalue weighted by atomic mass is 9.81. The van der Waals surface area contributed by atoms with Gasteiger partial charge in [0, 0.05) is 28.8 Å². The summed E-state index contributed by atoms with van der Waals surface area (Å²) in [5.41, 5.74) is 1.57. The van der Waals surface area contributed by atoms with Crippen LogP contribution in [-0.4, -0.2) is 74.4 Å². The number of likely N-dealkylation sites (N-methyl/N-ethyl adjacent to an activating group) is 1. The molecule has 1 N–H and O–H groups in total. The fraction of sp³-hybridized carbons (Fsp3) is 0.485. The molecule has 2 amide bonds. The Morgan fingerprint density at radius 2 is 1.68 bits per heavy atom. The Morgan fingerprint density at radius 1 is 1.09 bits per heavy atom. The Hall–Kier alpha value is -2.72. The molecule has 0 aliphatic carbocycles. The molecule has 3 aliphatic heterocycles. The minimum atomic E-state index is -0.895. The topological polar surface area (TPSA) is 85.7 Å². The van der Waals surface area contributed by atoms with Gasteiger partial charge in [-0.05, 0) is 87.7 Å². The van der Waals surface area contributed by atoms with E-state index in [1.807, 2.05) is 55.5 Å². The van der Waals surface area contributed by atoms with Crippen LogP contribution < -0.4 is 0 Å². The normalized spacial score (nSPS) is 25.1. The smallest absolute Gasteiger partial charge is 0.410 e. The molecule has 0 bridgehead atoms. The van der Waals surface area contributed by atoms with E-state index in [-0.39, 0.29) is 31.0 Å². The number of rotatable bonds is 6. The standard InChI is InChI=1S/C33H40Cl2N4O4S/c1-8-38(24-17-37(18-25(24)40)31(42)43-32(4,5)6)29(41)27-26(19(2)3)39-28(20-9-13-22(34)14-10-20)33(7,36-30(39)44-27)21-11-15-23(35)16-12-21/h9-16,19,24-25,28,40H,8,17-18H2,1-7H3/t24-,25-,28-,33+/m1/s1. The number of carbonyl (C=O) groups is 2. The number of β-amino-alcohol motifs (C(OH)–C–C–N with tert-alkyl or cyclic N) is 1. The van der Waals surface area contributed by atoms with Crippen LogP contribution in [0.5, 0.6) is 0 Å². The second kappa shape index (κ2) is 12.2. The Kier molecular flexibility index (Phi) is 9.08. The van der Waals surface area contributed by atoms with Crippen LogP contribution in [0, 0.1) is 5.92 Å². The van der Waals surface area contributed by atoms with Crippen molar-refractivity contribution in [1.82, 2.24) is 14.7 Å². The summed E-state index contributed by atoms with van der Waals surface area (Å²) >= 11 is 13.9. The van der Waals surface area contributed by atoms with E-state index in [0.717, 1.165) is 22.0 Å². The largest absolute Gasteiger partial charge is 0.444 e. The highest BCUT2D eigenvalue weighted by molar-refractivity contribution is 8.18. The van der Waals surface area contributed by atoms with Crippen LogP contribution in [0.4, 0.5) is 4.79 Å². The molecule has 0 aromatic heterocycles. The fourth-order valence-corrected chi connectivity index (χ4v) is 7.89. The van der Waals surface area contributed by atoms with Crippen LogP contribution in [0.2, 0.25) is 10.0 Å². The van der Waals surface area contributed by atoms with Crippen LogP contribution in [0.1, 0.15) is 65.6 Å². The highest BCUT2D eigenvalue weighted by atomic mass is 35.5. The van der Waals surface area contributed by atoms with Gasteiger partial charge >= 0.3 is 6.09 Å². The summed E-state index contributed by atoms with van der Waals surface area (Å²) in [4.78, 5) is 38.4. The molecule has 0 unspecified atom stereocenters. The number of aliphatic imine (C=N–C) groups is 1. The molecule has 8 nitrogen and oxygen atoms in total. The van der Waals surface area contributed by atoms with Crippen LogP contribution in [0.15, 0.2) is 64.1 Å². The van der Waals surface area contributed by atoms with Gasteiger partial charge in [0.1, 0.15) is 16.0 Å². The molecule has 3 heterocycles. The Labute approximate surface area is 274 Å². The minimum Gasteiger partial charge on any atom is -0.444 e. The number of carbonyl (C=O) groups excluding carboxylic acids is 2. The average molecular weight is 660 g/mol. The van der Waals surface area contributed by atoms with Crippen molar-refractivity contribution in [2.24, 2.45) is 10.9 Å². The maximum absolute atomic E-state index is 14.4. The van der Waals surface area contributed by atoms with Crippen molar-refractivity contribution in [1.29, 1.82) is 0 Å². The molecule has 0 saturated carbocycles. The average Bonchev–Trinajstić information content (AvgIpc) is 3.59. The SMILES string of the molecule is CCN(C(=O)C1=C(C(C)C)N2C(=N[C@@](C)(c3ccc(Cl)cc3)[C@H]2c2ccc(Cl)cc2)S1)[C@@H]1CN(C(=O)OC(C)(C)C)C[C@H]1O. The van der Waals surface area contributed by atoms with Gasteiger partial charge in [-0.3, -0.25) is 4.79 Å². The molecular weight excluding hydrogens is 619 g/mol. The Bertz CT molecular complexity index is 1490. The molecule has 3 aliphatic rings. The second-order valence-electron chi connectivity index (χ2n) is 13.0. The van der Waals surface area contributed by atoms with Crippen molar-refractivity contribution in [3.8, 4) is 0 Å². The van der Waals surface area contributed by atoms with Gasteiger partial charge < -0.3 is 24.5 Å². The van der Waals surface area contributed by atoms with E-state index in [9.17, 15) is 14.7 Å². The summed E-state index contributed by atoms with van der Waals surface area (Å²) in [6.45, 7) is 14.2. The van der Waals surface area contributed by atoms with Crippen LogP contribution in [0.25, 0.3) is 0 Å². The summed E-state index contributed by atoms with van der Waals surface area (Å²) in [5.74, 6) is -0.196. The first-order chi connectivity index (χ1) is 20.6. The number of hydrogen-bond acceptors (Lipinski definition) is 7. The number of amidine groups is 1. The molecule has 236 valence electrons. The Balaban J connectivity index is 1.52. The lowest BCUT2D eigenvalue weighted by Crippen LogP contribution is -2.47. The zero-order valence-corrected chi connectivity index (χ0v) is 28.5. The molecule has 5 rings (SSSR count). The Morgan fingerprint density at radius 3 is 2.23 bits per heavy atom. The molecule has 44 heavy (non-hydrogen) atoms. The highest BCUT2D eigenvalue weighted by Crippen LogP contribution is 2.56. The van der Waals surface area contributed by atoms with Crippen LogP contribution in [-0.2, 0) is 15.1 Å². The quantitative estimate of drug-likeness (QED) is 0.358. The van der Waals surface area contributed by atoms with E-state index < -0.39 is 29.4 Å². The highest BCUT2D eigenvalue weighted by Gasteiger charge is 2.54. The number of aliphatic hydroxyl groups is 1. The molecule has 1 saturated heterocycles. The van der Waals surface area contributed by atoms with Crippen molar-refractivity contribution in [2.75, 3.05) is 19.6 Å². The lowest BCUT2D eigenvalue weighted by molar-refractivity contribution is -0.130. The van der Waals surface area contributed by atoms with Crippen LogP contribution in [0.3, 0.4) is 0 Å². The van der Waals surface area contributed by atoms with Gasteiger partial charge in [0.2, 0.25) is 0 Å². The van der Waals surface area contributed by atoms with E-state index in [2.05, 4.69) is 25.7 Å². The first kappa shape index (κ1) is 32.7. The minimum absolute atomic E-state index is 0.0120. The van der Waals surface area contributed by atoms with Gasteiger partial charge in [0.05, 0.1) is 24.7 Å². The van der Waals surface area contributed by atoms with E-state index in [1.54, 1.807) is 25.7 Å². The molecule has 4 atom stereocenters. The number of halogens is 2. The van der Waals surface area contributed by atoms with Crippen LogP contribution >= 0.6 is 35.0 Å². The van der Waals surface area contributed by atoms with E-state index in [4.69, 9.17) is 32.9 Å². The number of fused-ring (bicyclic) bond motifs is 1. The van der Waals surface area contributed by atoms with Gasteiger partial charge in [0.15, 0.2) is 5.17 Å². The first-order valence-corrected chi connectivity index (χ1v) is 16.5. The third-order valence-corrected chi connectivity index (χ3v) is 9.84. The molecule has 0 radical (unpaired) electrons. The number of aliphatic hydroxyl groups excluding tert-OH is 1. The number of allylic oxidation sites excluding steroid dienone is 1. The van der Waals surface area contributed by atoms with E-state index in [1.165, 1.54) is 16.7 Å². The predicted octanol–water partition coefficient (Wildman–Crippen LogP) is 7.06. The van der Waals surface area contributed by atoms with Crippen molar-refractivity contribution < 1.29 is 19.4 Å². The maximum Gasteiger partial charge on any atom is 0.410 e. The molecule has 2 aromatic rings. The van der Waals surface area contributed by atoms with Crippen molar-refractivity contribution >= 4 is 52.1 Å². The predicted molar refractivity (Wildman–Crippen MR) is 177 cm³/mol. The molecule has 11 heteroatoms. The number of thioether (sulfide) groups is 1. The molecule has 1 fully saturated rings. The van der Waals surface area contributed by atoms with Gasteiger partial charge in [-0.25, -0.2) is 9.79 Å². The monoisotopic (exact) mass is 658 g/mol. The summed E-state index contributed by atoms with van der Waals surface area (Å²) in [6.07, 6.45) is -1.39. The zero-order valence-electron chi connectivity index (χ0n) is 26.2.